The molecule has 5 rings (SSSR count). The molecule has 3 heterocycles. The largest absolute Gasteiger partial charge is 0.495 e. The molecule has 1 saturated heterocycles. The van der Waals surface area contributed by atoms with E-state index < -0.39 is 0 Å². The summed E-state index contributed by atoms with van der Waals surface area (Å²) in [7, 11) is 3.76. The molecule has 38 heavy (non-hydrogen) atoms. The highest BCUT2D eigenvalue weighted by Gasteiger charge is 2.38. The SMILES string of the molecule is CC[C@@H]1C(=O)Nc2cnc(Nc3ccc(C(=O)N[C@H]4C[C@H]5CCN(C)C[C@H]5C4)cc3OC)nc2N1C(C)C. The lowest BCUT2D eigenvalue weighted by Crippen LogP contribution is -2.51. The Morgan fingerprint density at radius 2 is 2.05 bits per heavy atom. The number of hydrogen-bond donors (Lipinski definition) is 3. The van der Waals surface area contributed by atoms with Crippen LogP contribution in [0.25, 0.3) is 0 Å². The van der Waals surface area contributed by atoms with Crippen LogP contribution in [0.5, 0.6) is 5.75 Å². The van der Waals surface area contributed by atoms with Gasteiger partial charge in [0, 0.05) is 24.2 Å². The second-order valence-electron chi connectivity index (χ2n) is 11.1. The van der Waals surface area contributed by atoms with Crippen molar-refractivity contribution >= 4 is 35.0 Å². The Bertz CT molecular complexity index is 1200. The Morgan fingerprint density at radius 1 is 1.26 bits per heavy atom. The van der Waals surface area contributed by atoms with Crippen molar-refractivity contribution in [1.82, 2.24) is 20.2 Å². The number of nitrogens with zero attached hydrogens (tertiary/aromatic N) is 4. The van der Waals surface area contributed by atoms with Crippen LogP contribution in [0.1, 0.15) is 56.8 Å². The molecule has 204 valence electrons. The molecule has 1 aliphatic carbocycles. The maximum atomic E-state index is 13.1. The smallest absolute Gasteiger partial charge is 0.251 e. The molecule has 0 spiro atoms. The van der Waals surface area contributed by atoms with E-state index in [-0.39, 0.29) is 29.9 Å². The number of piperidine rings is 1. The fraction of sp³-hybridized carbons (Fsp3) is 0.571. The molecule has 2 fully saturated rings. The Morgan fingerprint density at radius 3 is 2.79 bits per heavy atom. The predicted octanol–water partition coefficient (Wildman–Crippen LogP) is 3.63. The first-order chi connectivity index (χ1) is 18.3. The molecule has 2 amide bonds. The molecule has 0 radical (unpaired) electrons. The van der Waals surface area contributed by atoms with Gasteiger partial charge in [0.2, 0.25) is 11.9 Å². The first-order valence-electron chi connectivity index (χ1n) is 13.7. The van der Waals surface area contributed by atoms with Crippen molar-refractivity contribution < 1.29 is 14.3 Å². The van der Waals surface area contributed by atoms with Crippen molar-refractivity contribution in [3.8, 4) is 5.75 Å². The van der Waals surface area contributed by atoms with E-state index in [0.717, 1.165) is 25.9 Å². The highest BCUT2D eigenvalue weighted by Crippen LogP contribution is 2.38. The molecule has 0 unspecified atom stereocenters. The van der Waals surface area contributed by atoms with Gasteiger partial charge in [0.1, 0.15) is 17.5 Å². The number of likely N-dealkylation sites (tertiary alicyclic amines) is 1. The third-order valence-corrected chi connectivity index (χ3v) is 8.17. The number of carbonyl (C=O) groups excluding carboxylic acids is 2. The minimum Gasteiger partial charge on any atom is -0.495 e. The van der Waals surface area contributed by atoms with E-state index >= 15 is 0 Å². The highest BCUT2D eigenvalue weighted by atomic mass is 16.5. The zero-order chi connectivity index (χ0) is 27.0. The van der Waals surface area contributed by atoms with E-state index in [0.29, 0.717) is 52.7 Å². The van der Waals surface area contributed by atoms with Crippen LogP contribution in [-0.2, 0) is 4.79 Å². The Hall–Kier alpha value is -3.40. The van der Waals surface area contributed by atoms with Gasteiger partial charge in [0.15, 0.2) is 5.82 Å². The number of anilines is 4. The third kappa shape index (κ3) is 5.14. The number of amides is 2. The fourth-order valence-corrected chi connectivity index (χ4v) is 6.30. The quantitative estimate of drug-likeness (QED) is 0.507. The molecule has 1 aromatic heterocycles. The van der Waals surface area contributed by atoms with E-state index in [1.54, 1.807) is 25.4 Å². The molecule has 4 atom stereocenters. The van der Waals surface area contributed by atoms with Crippen LogP contribution < -0.4 is 25.6 Å². The zero-order valence-corrected chi connectivity index (χ0v) is 23.0. The van der Waals surface area contributed by atoms with Gasteiger partial charge in [-0.1, -0.05) is 6.92 Å². The molecular weight excluding hydrogens is 482 g/mol. The minimum atomic E-state index is -0.290. The van der Waals surface area contributed by atoms with E-state index in [1.807, 2.05) is 31.7 Å². The van der Waals surface area contributed by atoms with E-state index in [1.165, 1.54) is 6.42 Å². The molecule has 2 aliphatic heterocycles. The molecule has 1 saturated carbocycles. The lowest BCUT2D eigenvalue weighted by molar-refractivity contribution is -0.117. The van der Waals surface area contributed by atoms with Crippen LogP contribution in [0.2, 0.25) is 0 Å². The van der Waals surface area contributed by atoms with Crippen molar-refractivity contribution in [3.63, 3.8) is 0 Å². The number of hydrogen-bond acceptors (Lipinski definition) is 8. The van der Waals surface area contributed by atoms with Crippen LogP contribution >= 0.6 is 0 Å². The molecule has 10 heteroatoms. The predicted molar refractivity (Wildman–Crippen MR) is 148 cm³/mol. The van der Waals surface area contributed by atoms with Crippen molar-refractivity contribution in [2.45, 2.75) is 64.6 Å². The summed E-state index contributed by atoms with van der Waals surface area (Å²) in [5.74, 6) is 2.85. The van der Waals surface area contributed by atoms with Crippen LogP contribution in [0, 0.1) is 11.8 Å². The monoisotopic (exact) mass is 521 g/mol. The number of rotatable bonds is 7. The molecule has 10 nitrogen and oxygen atoms in total. The lowest BCUT2D eigenvalue weighted by Gasteiger charge is -2.39. The van der Waals surface area contributed by atoms with Gasteiger partial charge < -0.3 is 30.5 Å². The van der Waals surface area contributed by atoms with Crippen LogP contribution in [0.4, 0.5) is 23.1 Å². The van der Waals surface area contributed by atoms with E-state index in [2.05, 4.69) is 32.9 Å². The second-order valence-corrected chi connectivity index (χ2v) is 11.1. The number of fused-ring (bicyclic) bond motifs is 2. The van der Waals surface area contributed by atoms with E-state index in [9.17, 15) is 9.59 Å². The van der Waals surface area contributed by atoms with Gasteiger partial charge >= 0.3 is 0 Å². The van der Waals surface area contributed by atoms with Gasteiger partial charge in [-0.2, -0.15) is 4.98 Å². The standard InChI is InChI=1S/C28H39N7O3/c1-6-23-27(37)31-22-14-29-28(33-25(22)35(23)16(2)3)32-21-8-7-18(13-24(21)38-5)26(36)30-20-11-17-9-10-34(4)15-19(17)12-20/h7-8,13-14,16-17,19-20,23H,6,9-12,15H2,1-5H3,(H,30,36)(H,31,37)(H,29,32,33)/t17-,19-,20+,23-/m1/s1. The van der Waals surface area contributed by atoms with Crippen molar-refractivity contribution in [1.29, 1.82) is 0 Å². The van der Waals surface area contributed by atoms with Crippen molar-refractivity contribution in [2.75, 3.05) is 42.8 Å². The van der Waals surface area contributed by atoms with Gasteiger partial charge in [0.05, 0.1) is 19.0 Å². The van der Waals surface area contributed by atoms with Crippen LogP contribution in [0.3, 0.4) is 0 Å². The van der Waals surface area contributed by atoms with Crippen LogP contribution in [-0.4, -0.2) is 72.1 Å². The number of methoxy groups -OCH3 is 1. The van der Waals surface area contributed by atoms with Gasteiger partial charge in [-0.25, -0.2) is 4.98 Å². The van der Waals surface area contributed by atoms with Crippen molar-refractivity contribution in [3.05, 3.63) is 30.0 Å². The molecule has 0 bridgehead atoms. The first-order valence-corrected chi connectivity index (χ1v) is 13.7. The summed E-state index contributed by atoms with van der Waals surface area (Å²) in [6, 6.07) is 5.37. The van der Waals surface area contributed by atoms with Crippen molar-refractivity contribution in [2.24, 2.45) is 11.8 Å². The fourth-order valence-electron chi connectivity index (χ4n) is 6.30. The Balaban J connectivity index is 1.30. The average molecular weight is 522 g/mol. The molecule has 1 aromatic carbocycles. The minimum absolute atomic E-state index is 0.0442. The number of benzene rings is 1. The molecule has 2 aromatic rings. The Labute approximate surface area is 224 Å². The van der Waals surface area contributed by atoms with Gasteiger partial charge in [-0.3, -0.25) is 9.59 Å². The summed E-state index contributed by atoms with van der Waals surface area (Å²) in [6.45, 7) is 8.35. The average Bonchev–Trinajstić information content (AvgIpc) is 3.29. The second kappa shape index (κ2) is 10.8. The Kier molecular flexibility index (Phi) is 7.43. The lowest BCUT2D eigenvalue weighted by atomic mass is 9.89. The third-order valence-electron chi connectivity index (χ3n) is 8.17. The van der Waals surface area contributed by atoms with Gasteiger partial charge in [0.25, 0.3) is 5.91 Å². The number of ether oxygens (including phenoxy) is 1. The van der Waals surface area contributed by atoms with Crippen LogP contribution in [0.15, 0.2) is 24.4 Å². The highest BCUT2D eigenvalue weighted by molar-refractivity contribution is 6.03. The summed E-state index contributed by atoms with van der Waals surface area (Å²) < 4.78 is 5.62. The first kappa shape index (κ1) is 26.2. The number of aromatic nitrogens is 2. The van der Waals surface area contributed by atoms with Gasteiger partial charge in [-0.05, 0) is 83.2 Å². The number of carbonyl (C=O) groups is 2. The summed E-state index contributed by atoms with van der Waals surface area (Å²) >= 11 is 0. The summed E-state index contributed by atoms with van der Waals surface area (Å²) in [5, 5.41) is 9.41. The zero-order valence-electron chi connectivity index (χ0n) is 23.0. The number of nitrogens with one attached hydrogen (secondary N) is 3. The maximum Gasteiger partial charge on any atom is 0.251 e. The van der Waals surface area contributed by atoms with Gasteiger partial charge in [-0.15, -0.1) is 0 Å². The topological polar surface area (TPSA) is 112 Å². The summed E-state index contributed by atoms with van der Waals surface area (Å²) in [4.78, 5) is 39.2. The maximum absolute atomic E-state index is 13.1. The molecule has 3 N–H and O–H groups in total. The molecule has 3 aliphatic rings. The summed E-state index contributed by atoms with van der Waals surface area (Å²) in [6.07, 6.45) is 5.61. The summed E-state index contributed by atoms with van der Waals surface area (Å²) in [5.41, 5.74) is 1.81. The normalized spacial score (nSPS) is 25.0. The molecular formula is C28H39N7O3. The van der Waals surface area contributed by atoms with E-state index in [4.69, 9.17) is 9.72 Å².